The number of ketones is 1. The average Bonchev–Trinajstić information content (AvgIpc) is 3.20. The first-order chi connectivity index (χ1) is 13.5. The maximum absolute atomic E-state index is 12.7. The van der Waals surface area contributed by atoms with Crippen LogP contribution >= 0.6 is 0 Å². The van der Waals surface area contributed by atoms with E-state index in [1.54, 1.807) is 36.3 Å². The molecule has 28 heavy (non-hydrogen) atoms. The van der Waals surface area contributed by atoms with Crippen molar-refractivity contribution in [1.29, 1.82) is 0 Å². The summed E-state index contributed by atoms with van der Waals surface area (Å²) in [5, 5.41) is 7.06. The standard InChI is InChI=1S/C21H22N4O3/c1-14(19-9-4-5-10-22-19)25(3)21(27)20-12-18(28-24-20)13-23-17-8-6-7-16(11-17)15(2)26/h4-12,14,23H,13H2,1-3H3. The zero-order chi connectivity index (χ0) is 20.1. The molecule has 1 unspecified atom stereocenters. The Labute approximate surface area is 163 Å². The predicted octanol–water partition coefficient (Wildman–Crippen LogP) is 3.72. The zero-order valence-corrected chi connectivity index (χ0v) is 16.0. The molecular formula is C21H22N4O3. The fraction of sp³-hybridized carbons (Fsp3) is 0.238. The van der Waals surface area contributed by atoms with Gasteiger partial charge < -0.3 is 14.7 Å². The minimum atomic E-state index is -0.244. The van der Waals surface area contributed by atoms with Crippen LogP contribution in [-0.4, -0.2) is 33.8 Å². The molecule has 0 saturated carbocycles. The van der Waals surface area contributed by atoms with Crippen LogP contribution in [0.4, 0.5) is 5.69 Å². The Kier molecular flexibility index (Phi) is 5.84. The number of pyridine rings is 1. The fourth-order valence-electron chi connectivity index (χ4n) is 2.71. The van der Waals surface area contributed by atoms with E-state index in [0.717, 1.165) is 11.4 Å². The lowest BCUT2D eigenvalue weighted by Crippen LogP contribution is -2.30. The Morgan fingerprint density at radius 3 is 2.71 bits per heavy atom. The van der Waals surface area contributed by atoms with Crippen LogP contribution in [-0.2, 0) is 6.54 Å². The van der Waals surface area contributed by atoms with Gasteiger partial charge in [-0.2, -0.15) is 0 Å². The minimum Gasteiger partial charge on any atom is -0.378 e. The highest BCUT2D eigenvalue weighted by Gasteiger charge is 2.22. The molecule has 144 valence electrons. The summed E-state index contributed by atoms with van der Waals surface area (Å²) in [6, 6.07) is 14.2. The van der Waals surface area contributed by atoms with Crippen LogP contribution in [0, 0.1) is 0 Å². The van der Waals surface area contributed by atoms with Crippen molar-refractivity contribution in [3.05, 3.63) is 77.4 Å². The Morgan fingerprint density at radius 2 is 2.00 bits per heavy atom. The number of Topliss-reactive ketones (excluding diaryl/α,β-unsaturated/α-hetero) is 1. The van der Waals surface area contributed by atoms with Gasteiger partial charge in [-0.1, -0.05) is 23.4 Å². The number of hydrogen-bond acceptors (Lipinski definition) is 6. The van der Waals surface area contributed by atoms with Crippen LogP contribution in [0.2, 0.25) is 0 Å². The van der Waals surface area contributed by atoms with Crippen molar-refractivity contribution in [2.24, 2.45) is 0 Å². The summed E-state index contributed by atoms with van der Waals surface area (Å²) in [6.07, 6.45) is 1.70. The molecule has 1 amide bonds. The van der Waals surface area contributed by atoms with E-state index >= 15 is 0 Å². The van der Waals surface area contributed by atoms with Crippen LogP contribution in [0.15, 0.2) is 59.3 Å². The van der Waals surface area contributed by atoms with E-state index in [-0.39, 0.29) is 23.4 Å². The van der Waals surface area contributed by atoms with E-state index < -0.39 is 0 Å². The molecule has 0 saturated heterocycles. The Morgan fingerprint density at radius 1 is 1.18 bits per heavy atom. The number of carbonyl (C=O) groups excluding carboxylic acids is 2. The summed E-state index contributed by atoms with van der Waals surface area (Å²) in [5.41, 5.74) is 2.45. The van der Waals surface area contributed by atoms with Crippen LogP contribution in [0.1, 0.15) is 52.2 Å². The SMILES string of the molecule is CC(=O)c1cccc(NCc2cc(C(=O)N(C)C(C)c3ccccn3)no2)c1. The molecule has 1 aromatic carbocycles. The van der Waals surface area contributed by atoms with Crippen molar-refractivity contribution in [3.8, 4) is 0 Å². The monoisotopic (exact) mass is 378 g/mol. The Hall–Kier alpha value is -3.48. The summed E-state index contributed by atoms with van der Waals surface area (Å²) in [6.45, 7) is 3.78. The van der Waals surface area contributed by atoms with Crippen LogP contribution in [0.5, 0.6) is 0 Å². The average molecular weight is 378 g/mol. The van der Waals surface area contributed by atoms with Gasteiger partial charge in [0.1, 0.15) is 0 Å². The second-order valence-electron chi connectivity index (χ2n) is 6.52. The van der Waals surface area contributed by atoms with Gasteiger partial charge in [0.25, 0.3) is 5.91 Å². The quantitative estimate of drug-likeness (QED) is 0.631. The van der Waals surface area contributed by atoms with Crippen LogP contribution < -0.4 is 5.32 Å². The molecule has 1 N–H and O–H groups in total. The Balaban J connectivity index is 1.64. The third-order valence-corrected chi connectivity index (χ3v) is 4.53. The van der Waals surface area contributed by atoms with Crippen molar-refractivity contribution >= 4 is 17.4 Å². The topological polar surface area (TPSA) is 88.3 Å². The molecule has 1 atom stereocenters. The van der Waals surface area contributed by atoms with E-state index in [9.17, 15) is 9.59 Å². The van der Waals surface area contributed by atoms with Gasteiger partial charge in [0, 0.05) is 30.6 Å². The molecule has 0 aliphatic heterocycles. The molecule has 3 aromatic rings. The first-order valence-corrected chi connectivity index (χ1v) is 8.94. The summed E-state index contributed by atoms with van der Waals surface area (Å²) in [4.78, 5) is 30.0. The first-order valence-electron chi connectivity index (χ1n) is 8.94. The van der Waals surface area contributed by atoms with Crippen molar-refractivity contribution in [3.63, 3.8) is 0 Å². The largest absolute Gasteiger partial charge is 0.378 e. The summed E-state index contributed by atoms with van der Waals surface area (Å²) in [5.74, 6) is 0.281. The number of nitrogens with zero attached hydrogens (tertiary/aromatic N) is 3. The van der Waals surface area contributed by atoms with Gasteiger partial charge in [-0.25, -0.2) is 0 Å². The third-order valence-electron chi connectivity index (χ3n) is 4.53. The number of benzene rings is 1. The second kappa shape index (κ2) is 8.47. The van der Waals surface area contributed by atoms with E-state index in [2.05, 4.69) is 15.5 Å². The number of amides is 1. The maximum Gasteiger partial charge on any atom is 0.276 e. The highest BCUT2D eigenvalue weighted by molar-refractivity contribution is 5.95. The van der Waals surface area contributed by atoms with Crippen molar-refractivity contribution in [1.82, 2.24) is 15.0 Å². The van der Waals surface area contributed by atoms with Gasteiger partial charge in [0.2, 0.25) is 0 Å². The molecular weight excluding hydrogens is 356 g/mol. The van der Waals surface area contributed by atoms with Gasteiger partial charge in [-0.05, 0) is 38.1 Å². The van der Waals surface area contributed by atoms with Crippen molar-refractivity contribution in [2.75, 3.05) is 12.4 Å². The van der Waals surface area contributed by atoms with Gasteiger partial charge in [-0.15, -0.1) is 0 Å². The van der Waals surface area contributed by atoms with E-state index in [1.165, 1.54) is 6.92 Å². The van der Waals surface area contributed by atoms with Crippen LogP contribution in [0.3, 0.4) is 0 Å². The number of rotatable bonds is 7. The van der Waals surface area contributed by atoms with E-state index in [0.29, 0.717) is 17.9 Å². The molecule has 7 nitrogen and oxygen atoms in total. The lowest BCUT2D eigenvalue weighted by molar-refractivity contribution is 0.0729. The highest BCUT2D eigenvalue weighted by atomic mass is 16.5. The summed E-state index contributed by atoms with van der Waals surface area (Å²) in [7, 11) is 1.71. The first kappa shape index (κ1) is 19.3. The number of nitrogens with one attached hydrogen (secondary N) is 1. The number of anilines is 1. The lowest BCUT2D eigenvalue weighted by atomic mass is 10.1. The normalized spacial score (nSPS) is 11.7. The van der Waals surface area contributed by atoms with Gasteiger partial charge in [0.05, 0.1) is 18.3 Å². The predicted molar refractivity (Wildman–Crippen MR) is 105 cm³/mol. The molecule has 0 radical (unpaired) electrons. The zero-order valence-electron chi connectivity index (χ0n) is 16.0. The molecule has 0 bridgehead atoms. The number of carbonyl (C=O) groups is 2. The molecule has 2 aromatic heterocycles. The van der Waals surface area contributed by atoms with Crippen molar-refractivity contribution in [2.45, 2.75) is 26.4 Å². The number of aromatic nitrogens is 2. The number of hydrogen-bond donors (Lipinski definition) is 1. The van der Waals surface area contributed by atoms with Gasteiger partial charge in [-0.3, -0.25) is 14.6 Å². The molecule has 0 aliphatic carbocycles. The maximum atomic E-state index is 12.7. The summed E-state index contributed by atoms with van der Waals surface area (Å²) < 4.78 is 5.28. The molecule has 0 fully saturated rings. The minimum absolute atomic E-state index is 0.00117. The van der Waals surface area contributed by atoms with Gasteiger partial charge in [0.15, 0.2) is 17.2 Å². The lowest BCUT2D eigenvalue weighted by Gasteiger charge is -2.23. The third kappa shape index (κ3) is 4.43. The highest BCUT2D eigenvalue weighted by Crippen LogP contribution is 2.19. The van der Waals surface area contributed by atoms with Crippen molar-refractivity contribution < 1.29 is 14.1 Å². The molecule has 0 spiro atoms. The molecule has 3 rings (SSSR count). The fourth-order valence-corrected chi connectivity index (χ4v) is 2.71. The van der Waals surface area contributed by atoms with E-state index in [4.69, 9.17) is 4.52 Å². The summed E-state index contributed by atoms with van der Waals surface area (Å²) >= 11 is 0. The smallest absolute Gasteiger partial charge is 0.276 e. The Bertz CT molecular complexity index is 969. The van der Waals surface area contributed by atoms with E-state index in [1.807, 2.05) is 37.3 Å². The molecule has 2 heterocycles. The molecule has 0 aliphatic rings. The van der Waals surface area contributed by atoms with Gasteiger partial charge >= 0.3 is 0 Å². The second-order valence-corrected chi connectivity index (χ2v) is 6.52. The molecule has 7 heteroatoms. The van der Waals surface area contributed by atoms with Crippen LogP contribution in [0.25, 0.3) is 0 Å².